The van der Waals surface area contributed by atoms with Gasteiger partial charge in [-0.15, -0.1) is 5.10 Å². The van der Waals surface area contributed by atoms with Crippen LogP contribution in [0.25, 0.3) is 0 Å². The van der Waals surface area contributed by atoms with Crippen LogP contribution < -0.4 is 0 Å². The second-order valence-corrected chi connectivity index (χ2v) is 4.65. The maximum Gasteiger partial charge on any atom is 0.293 e. The van der Waals surface area contributed by atoms with Gasteiger partial charge in [0.15, 0.2) is 0 Å². The Labute approximate surface area is 102 Å². The Bertz CT molecular complexity index is 388. The summed E-state index contributed by atoms with van der Waals surface area (Å²) in [5, 5.41) is 6.76. The molecule has 1 fully saturated rings. The Morgan fingerprint density at radius 2 is 2.35 bits per heavy atom. The molecule has 0 spiro atoms. The lowest BCUT2D eigenvalue weighted by molar-refractivity contribution is 0.0775. The molecule has 1 unspecified atom stereocenters. The third-order valence-electron chi connectivity index (χ3n) is 3.33. The number of hydrogen-bond donors (Lipinski definition) is 1. The van der Waals surface area contributed by atoms with Gasteiger partial charge in [0.05, 0.1) is 0 Å². The van der Waals surface area contributed by atoms with Crippen molar-refractivity contribution in [2.75, 3.05) is 13.1 Å². The van der Waals surface area contributed by atoms with Gasteiger partial charge in [0, 0.05) is 19.5 Å². The van der Waals surface area contributed by atoms with Crippen molar-refractivity contribution in [2.24, 2.45) is 5.92 Å². The van der Waals surface area contributed by atoms with Crippen LogP contribution in [-0.4, -0.2) is 39.1 Å². The SMILES string of the molecule is CCCC1CCN(C(=O)c2n[nH]c(CC)n2)C1. The third-order valence-corrected chi connectivity index (χ3v) is 3.33. The lowest BCUT2D eigenvalue weighted by atomic mass is 10.0. The van der Waals surface area contributed by atoms with Crippen molar-refractivity contribution in [1.29, 1.82) is 0 Å². The van der Waals surface area contributed by atoms with Gasteiger partial charge in [0.25, 0.3) is 5.91 Å². The lowest BCUT2D eigenvalue weighted by Crippen LogP contribution is -2.29. The van der Waals surface area contributed by atoms with Gasteiger partial charge in [-0.2, -0.15) is 0 Å². The summed E-state index contributed by atoms with van der Waals surface area (Å²) in [4.78, 5) is 18.2. The number of aromatic amines is 1. The molecule has 1 N–H and O–H groups in total. The van der Waals surface area contributed by atoms with Gasteiger partial charge in [0.2, 0.25) is 5.82 Å². The van der Waals surface area contributed by atoms with Crippen molar-refractivity contribution < 1.29 is 4.79 Å². The van der Waals surface area contributed by atoms with Gasteiger partial charge < -0.3 is 4.90 Å². The van der Waals surface area contributed by atoms with E-state index >= 15 is 0 Å². The molecule has 0 radical (unpaired) electrons. The summed E-state index contributed by atoms with van der Waals surface area (Å²) in [6, 6.07) is 0. The summed E-state index contributed by atoms with van der Waals surface area (Å²) in [5.74, 6) is 1.73. The van der Waals surface area contributed by atoms with Crippen LogP contribution in [0.1, 0.15) is 49.6 Å². The average molecular weight is 236 g/mol. The Morgan fingerprint density at radius 3 is 3.00 bits per heavy atom. The minimum atomic E-state index is -0.0282. The Hall–Kier alpha value is -1.39. The third kappa shape index (κ3) is 2.65. The Balaban J connectivity index is 1.96. The number of carbonyl (C=O) groups is 1. The highest BCUT2D eigenvalue weighted by Gasteiger charge is 2.28. The lowest BCUT2D eigenvalue weighted by Gasteiger charge is -2.14. The molecule has 1 saturated heterocycles. The summed E-state index contributed by atoms with van der Waals surface area (Å²) in [6.45, 7) is 5.89. The van der Waals surface area contributed by atoms with Crippen LogP contribution in [0.15, 0.2) is 0 Å². The molecule has 94 valence electrons. The summed E-state index contributed by atoms with van der Waals surface area (Å²) in [5.41, 5.74) is 0. The van der Waals surface area contributed by atoms with Crippen molar-refractivity contribution in [1.82, 2.24) is 20.1 Å². The fraction of sp³-hybridized carbons (Fsp3) is 0.750. The van der Waals surface area contributed by atoms with Gasteiger partial charge >= 0.3 is 0 Å². The largest absolute Gasteiger partial charge is 0.336 e. The molecule has 0 aromatic carbocycles. The Kier molecular flexibility index (Phi) is 3.76. The first-order valence-corrected chi connectivity index (χ1v) is 6.45. The van der Waals surface area contributed by atoms with Crippen LogP contribution in [0.2, 0.25) is 0 Å². The van der Waals surface area contributed by atoms with Gasteiger partial charge in [0.1, 0.15) is 5.82 Å². The smallest absolute Gasteiger partial charge is 0.293 e. The van der Waals surface area contributed by atoms with E-state index < -0.39 is 0 Å². The molecule has 2 heterocycles. The molecule has 0 saturated carbocycles. The maximum absolute atomic E-state index is 12.1. The zero-order valence-corrected chi connectivity index (χ0v) is 10.6. The fourth-order valence-electron chi connectivity index (χ4n) is 2.35. The van der Waals surface area contributed by atoms with Crippen molar-refractivity contribution in [2.45, 2.75) is 39.5 Å². The molecule has 5 nitrogen and oxygen atoms in total. The normalized spacial score (nSPS) is 19.9. The number of hydrogen-bond acceptors (Lipinski definition) is 3. The van der Waals surface area contributed by atoms with Crippen LogP contribution in [-0.2, 0) is 6.42 Å². The quantitative estimate of drug-likeness (QED) is 0.864. The number of aromatic nitrogens is 3. The zero-order chi connectivity index (χ0) is 12.3. The number of rotatable bonds is 4. The van der Waals surface area contributed by atoms with Crippen molar-refractivity contribution in [3.05, 3.63) is 11.6 Å². The molecule has 17 heavy (non-hydrogen) atoms. The summed E-state index contributed by atoms with van der Waals surface area (Å²) < 4.78 is 0. The number of aryl methyl sites for hydroxylation is 1. The number of nitrogens with zero attached hydrogens (tertiary/aromatic N) is 3. The molecule has 0 aliphatic carbocycles. The van der Waals surface area contributed by atoms with Gasteiger partial charge in [-0.3, -0.25) is 9.89 Å². The van der Waals surface area contributed by atoms with Crippen molar-refractivity contribution >= 4 is 5.91 Å². The number of carbonyl (C=O) groups excluding carboxylic acids is 1. The summed E-state index contributed by atoms with van der Waals surface area (Å²) in [6.07, 6.45) is 4.29. The van der Waals surface area contributed by atoms with Crippen molar-refractivity contribution in [3.63, 3.8) is 0 Å². The first-order chi connectivity index (χ1) is 8.24. The molecule has 1 aromatic rings. The summed E-state index contributed by atoms with van der Waals surface area (Å²) in [7, 11) is 0. The van der Waals surface area contributed by atoms with E-state index in [-0.39, 0.29) is 5.91 Å². The fourth-order valence-corrected chi connectivity index (χ4v) is 2.35. The second-order valence-electron chi connectivity index (χ2n) is 4.65. The zero-order valence-electron chi connectivity index (χ0n) is 10.6. The highest BCUT2D eigenvalue weighted by Crippen LogP contribution is 2.21. The van der Waals surface area contributed by atoms with Gasteiger partial charge in [-0.25, -0.2) is 4.98 Å². The predicted octanol–water partition coefficient (Wildman–Crippen LogP) is 1.63. The van der Waals surface area contributed by atoms with Crippen LogP contribution in [0.5, 0.6) is 0 Å². The van der Waals surface area contributed by atoms with Crippen LogP contribution in [0.4, 0.5) is 0 Å². The highest BCUT2D eigenvalue weighted by atomic mass is 16.2. The van der Waals surface area contributed by atoms with E-state index in [9.17, 15) is 4.79 Å². The van der Waals surface area contributed by atoms with E-state index in [0.29, 0.717) is 11.7 Å². The standard InChI is InChI=1S/C12H20N4O/c1-3-5-9-6-7-16(8-9)12(17)11-13-10(4-2)14-15-11/h9H,3-8H2,1-2H3,(H,13,14,15). The monoisotopic (exact) mass is 236 g/mol. The van der Waals surface area contributed by atoms with E-state index in [2.05, 4.69) is 22.1 Å². The second kappa shape index (κ2) is 5.29. The van der Waals surface area contributed by atoms with Gasteiger partial charge in [-0.1, -0.05) is 20.3 Å². The molecule has 1 aliphatic rings. The topological polar surface area (TPSA) is 61.9 Å². The average Bonchev–Trinajstić information content (AvgIpc) is 2.97. The molecular weight excluding hydrogens is 216 g/mol. The molecular formula is C12H20N4O. The number of amides is 1. The first-order valence-electron chi connectivity index (χ1n) is 6.45. The van der Waals surface area contributed by atoms with E-state index in [4.69, 9.17) is 0 Å². The highest BCUT2D eigenvalue weighted by molar-refractivity contribution is 5.90. The van der Waals surface area contributed by atoms with E-state index in [1.54, 1.807) is 0 Å². The van der Waals surface area contributed by atoms with E-state index in [1.807, 2.05) is 11.8 Å². The van der Waals surface area contributed by atoms with Crippen LogP contribution >= 0.6 is 0 Å². The maximum atomic E-state index is 12.1. The molecule has 1 aliphatic heterocycles. The van der Waals surface area contributed by atoms with E-state index in [0.717, 1.165) is 31.8 Å². The Morgan fingerprint density at radius 1 is 1.53 bits per heavy atom. The minimum Gasteiger partial charge on any atom is -0.336 e. The summed E-state index contributed by atoms with van der Waals surface area (Å²) >= 11 is 0. The predicted molar refractivity (Wildman–Crippen MR) is 64.7 cm³/mol. The molecule has 1 amide bonds. The van der Waals surface area contributed by atoms with Crippen LogP contribution in [0.3, 0.4) is 0 Å². The van der Waals surface area contributed by atoms with E-state index in [1.165, 1.54) is 12.8 Å². The molecule has 1 atom stereocenters. The van der Waals surface area contributed by atoms with Crippen LogP contribution in [0, 0.1) is 5.92 Å². The molecule has 2 rings (SSSR count). The van der Waals surface area contributed by atoms with Gasteiger partial charge in [-0.05, 0) is 18.8 Å². The first kappa shape index (κ1) is 12.1. The molecule has 0 bridgehead atoms. The molecule has 5 heteroatoms. The minimum absolute atomic E-state index is 0.0282. The molecule has 1 aromatic heterocycles. The number of H-pyrrole nitrogens is 1. The van der Waals surface area contributed by atoms with Crippen molar-refractivity contribution in [3.8, 4) is 0 Å². The number of nitrogens with one attached hydrogen (secondary N) is 1. The number of likely N-dealkylation sites (tertiary alicyclic amines) is 1.